The molecule has 96 valence electrons. The Balaban J connectivity index is 1.93. The molecule has 1 heterocycles. The maximum atomic E-state index is 4.54. The van der Waals surface area contributed by atoms with Gasteiger partial charge in [-0.2, -0.15) is 0 Å². The molecule has 0 aromatic carbocycles. The van der Waals surface area contributed by atoms with E-state index in [1.165, 1.54) is 35.6 Å². The van der Waals surface area contributed by atoms with Crippen molar-refractivity contribution < 1.29 is 0 Å². The van der Waals surface area contributed by atoms with E-state index in [0.717, 1.165) is 6.54 Å². The fraction of sp³-hybridized carbons (Fsp3) is 0.786. The molecule has 1 saturated carbocycles. The van der Waals surface area contributed by atoms with Crippen molar-refractivity contribution in [3.63, 3.8) is 0 Å². The number of hydrogen-bond donors (Lipinski definition) is 1. The van der Waals surface area contributed by atoms with Gasteiger partial charge in [0.25, 0.3) is 0 Å². The van der Waals surface area contributed by atoms with E-state index in [1.54, 1.807) is 0 Å². The topological polar surface area (TPSA) is 24.9 Å². The predicted octanol–water partition coefficient (Wildman–Crippen LogP) is 3.86. The van der Waals surface area contributed by atoms with Gasteiger partial charge in [-0.3, -0.25) is 0 Å². The molecular weight excluding hydrogens is 228 g/mol. The van der Waals surface area contributed by atoms with Crippen molar-refractivity contribution in [3.8, 4) is 0 Å². The van der Waals surface area contributed by atoms with Crippen molar-refractivity contribution in [1.82, 2.24) is 10.3 Å². The Morgan fingerprint density at radius 1 is 1.41 bits per heavy atom. The third-order valence-electron chi connectivity index (χ3n) is 3.82. The average molecular weight is 252 g/mol. The molecule has 0 saturated heterocycles. The van der Waals surface area contributed by atoms with Crippen LogP contribution in [0.2, 0.25) is 0 Å². The molecule has 1 fully saturated rings. The molecule has 0 bridgehead atoms. The summed E-state index contributed by atoms with van der Waals surface area (Å²) in [6.07, 6.45) is 7.36. The van der Waals surface area contributed by atoms with Gasteiger partial charge in [0.2, 0.25) is 0 Å². The van der Waals surface area contributed by atoms with Crippen molar-refractivity contribution >= 4 is 11.3 Å². The minimum Gasteiger partial charge on any atom is -0.306 e. The van der Waals surface area contributed by atoms with E-state index in [0.29, 0.717) is 5.54 Å². The standard InChI is InChI=1S/C14H24N2S/c1-5-14(7-6-8-14)16-10-11-9-15-12(17-11)13(2,3)4/h9,16H,5-8,10H2,1-4H3. The Hall–Kier alpha value is -0.410. The van der Waals surface area contributed by atoms with E-state index in [9.17, 15) is 0 Å². The third kappa shape index (κ3) is 2.89. The first-order valence-corrected chi connectivity index (χ1v) is 7.47. The second-order valence-corrected chi connectivity index (χ2v) is 7.34. The molecule has 0 amide bonds. The van der Waals surface area contributed by atoms with Gasteiger partial charge in [-0.15, -0.1) is 11.3 Å². The maximum Gasteiger partial charge on any atom is 0.0981 e. The van der Waals surface area contributed by atoms with Crippen LogP contribution in [0.5, 0.6) is 0 Å². The molecule has 0 aliphatic heterocycles. The van der Waals surface area contributed by atoms with Crippen LogP contribution in [0.15, 0.2) is 6.20 Å². The van der Waals surface area contributed by atoms with Crippen molar-refractivity contribution in [2.75, 3.05) is 0 Å². The Morgan fingerprint density at radius 2 is 2.12 bits per heavy atom. The molecule has 3 heteroatoms. The molecule has 0 radical (unpaired) electrons. The zero-order valence-corrected chi connectivity index (χ0v) is 12.3. The lowest BCUT2D eigenvalue weighted by atomic mass is 9.75. The summed E-state index contributed by atoms with van der Waals surface area (Å²) < 4.78 is 0. The van der Waals surface area contributed by atoms with Crippen molar-refractivity contribution in [2.24, 2.45) is 0 Å². The van der Waals surface area contributed by atoms with E-state index in [2.05, 4.69) is 38.0 Å². The monoisotopic (exact) mass is 252 g/mol. The first-order chi connectivity index (χ1) is 7.95. The molecule has 1 aliphatic carbocycles. The summed E-state index contributed by atoms with van der Waals surface area (Å²) in [6.45, 7) is 9.95. The average Bonchev–Trinajstić information content (AvgIpc) is 2.65. The fourth-order valence-corrected chi connectivity index (χ4v) is 3.18. The molecule has 0 unspecified atom stereocenters. The summed E-state index contributed by atoms with van der Waals surface area (Å²) in [7, 11) is 0. The van der Waals surface area contributed by atoms with Gasteiger partial charge in [0.15, 0.2) is 0 Å². The third-order valence-corrected chi connectivity index (χ3v) is 5.24. The van der Waals surface area contributed by atoms with Crippen LogP contribution in [0, 0.1) is 0 Å². The first-order valence-electron chi connectivity index (χ1n) is 6.65. The highest BCUT2D eigenvalue weighted by molar-refractivity contribution is 7.11. The zero-order chi connectivity index (χ0) is 12.5. The Labute approximate surface area is 109 Å². The number of thiazole rings is 1. The second-order valence-electron chi connectivity index (χ2n) is 6.22. The van der Waals surface area contributed by atoms with Gasteiger partial charge in [0.1, 0.15) is 0 Å². The number of hydrogen-bond acceptors (Lipinski definition) is 3. The highest BCUT2D eigenvalue weighted by atomic mass is 32.1. The van der Waals surface area contributed by atoms with E-state index < -0.39 is 0 Å². The van der Waals surface area contributed by atoms with Crippen LogP contribution >= 0.6 is 11.3 Å². The summed E-state index contributed by atoms with van der Waals surface area (Å²) in [5.74, 6) is 0. The molecule has 17 heavy (non-hydrogen) atoms. The quantitative estimate of drug-likeness (QED) is 0.880. The van der Waals surface area contributed by atoms with Crippen molar-refractivity contribution in [3.05, 3.63) is 16.1 Å². The largest absolute Gasteiger partial charge is 0.306 e. The molecule has 0 atom stereocenters. The van der Waals surface area contributed by atoms with Crippen LogP contribution in [-0.4, -0.2) is 10.5 Å². The molecule has 2 nitrogen and oxygen atoms in total. The van der Waals surface area contributed by atoms with Gasteiger partial charge in [0, 0.05) is 28.6 Å². The Morgan fingerprint density at radius 3 is 2.53 bits per heavy atom. The fourth-order valence-electron chi connectivity index (χ4n) is 2.27. The number of rotatable bonds is 4. The molecule has 1 aromatic heterocycles. The summed E-state index contributed by atoms with van der Waals surface area (Å²) >= 11 is 1.85. The van der Waals surface area contributed by atoms with E-state index in [-0.39, 0.29) is 5.41 Å². The van der Waals surface area contributed by atoms with Crippen LogP contribution in [0.4, 0.5) is 0 Å². The molecular formula is C14H24N2S. The Bertz CT molecular complexity index is 366. The van der Waals surface area contributed by atoms with Gasteiger partial charge < -0.3 is 5.32 Å². The smallest absolute Gasteiger partial charge is 0.0981 e. The van der Waals surface area contributed by atoms with Gasteiger partial charge >= 0.3 is 0 Å². The van der Waals surface area contributed by atoms with Crippen LogP contribution in [-0.2, 0) is 12.0 Å². The molecule has 1 aliphatic rings. The molecule has 1 N–H and O–H groups in total. The first kappa shape index (κ1) is 13.0. The highest BCUT2D eigenvalue weighted by Gasteiger charge is 2.34. The van der Waals surface area contributed by atoms with Gasteiger partial charge in [0.05, 0.1) is 5.01 Å². The van der Waals surface area contributed by atoms with Gasteiger partial charge in [-0.1, -0.05) is 27.7 Å². The number of aromatic nitrogens is 1. The van der Waals surface area contributed by atoms with E-state index in [4.69, 9.17) is 0 Å². The maximum absolute atomic E-state index is 4.54. The van der Waals surface area contributed by atoms with Crippen molar-refractivity contribution in [2.45, 2.75) is 70.9 Å². The minimum absolute atomic E-state index is 0.182. The van der Waals surface area contributed by atoms with Crippen LogP contribution < -0.4 is 5.32 Å². The summed E-state index contributed by atoms with van der Waals surface area (Å²) in [5.41, 5.74) is 0.619. The zero-order valence-electron chi connectivity index (χ0n) is 11.5. The highest BCUT2D eigenvalue weighted by Crippen LogP contribution is 2.35. The normalized spacial score (nSPS) is 19.1. The lowest BCUT2D eigenvalue weighted by molar-refractivity contribution is 0.176. The summed E-state index contributed by atoms with van der Waals surface area (Å²) in [4.78, 5) is 5.91. The Kier molecular flexibility index (Phi) is 3.60. The van der Waals surface area contributed by atoms with Crippen LogP contribution in [0.25, 0.3) is 0 Å². The molecule has 0 spiro atoms. The van der Waals surface area contributed by atoms with Gasteiger partial charge in [-0.25, -0.2) is 4.98 Å². The summed E-state index contributed by atoms with van der Waals surface area (Å²) in [5, 5.41) is 4.98. The van der Waals surface area contributed by atoms with Crippen LogP contribution in [0.3, 0.4) is 0 Å². The number of nitrogens with zero attached hydrogens (tertiary/aromatic N) is 1. The van der Waals surface area contributed by atoms with Crippen LogP contribution in [0.1, 0.15) is 63.3 Å². The van der Waals surface area contributed by atoms with E-state index >= 15 is 0 Å². The lowest BCUT2D eigenvalue weighted by Crippen LogP contribution is -2.49. The number of nitrogens with one attached hydrogen (secondary N) is 1. The van der Waals surface area contributed by atoms with Gasteiger partial charge in [-0.05, 0) is 25.7 Å². The lowest BCUT2D eigenvalue weighted by Gasteiger charge is -2.42. The minimum atomic E-state index is 0.182. The summed E-state index contributed by atoms with van der Waals surface area (Å²) in [6, 6.07) is 0. The second kappa shape index (κ2) is 4.69. The van der Waals surface area contributed by atoms with E-state index in [1.807, 2.05) is 17.5 Å². The molecule has 1 aromatic rings. The predicted molar refractivity (Wildman–Crippen MR) is 74.5 cm³/mol. The van der Waals surface area contributed by atoms with Crippen molar-refractivity contribution in [1.29, 1.82) is 0 Å². The SMILES string of the molecule is CCC1(NCc2cnc(C(C)(C)C)s2)CCC1. The molecule has 2 rings (SSSR count).